The molecule has 3 N–H and O–H groups in total. The molecule has 5 heteroatoms. The van der Waals surface area contributed by atoms with Crippen LogP contribution in [0.3, 0.4) is 0 Å². The average Bonchev–Trinajstić information content (AvgIpc) is 3.36. The molecule has 0 saturated carbocycles. The SMILES string of the molecule is CCC1=C(CC)C(/C=c2/[nH]/c(=C/c3[nH]c(O)c(CC)c3CC)c(CC)c2CC)=NC1=O. The Morgan fingerprint density at radius 2 is 1.26 bits per heavy atom. The molecule has 0 radical (unpaired) electrons. The zero-order chi connectivity index (χ0) is 22.7. The van der Waals surface area contributed by atoms with Crippen LogP contribution in [0.15, 0.2) is 16.1 Å². The second-order valence-electron chi connectivity index (χ2n) is 7.92. The van der Waals surface area contributed by atoms with Crippen LogP contribution < -0.4 is 10.7 Å². The van der Waals surface area contributed by atoms with Gasteiger partial charge in [0.1, 0.15) is 0 Å². The van der Waals surface area contributed by atoms with Crippen molar-refractivity contribution >= 4 is 23.8 Å². The number of nitrogens with one attached hydrogen (secondary N) is 2. The normalized spacial score (nSPS) is 15.5. The van der Waals surface area contributed by atoms with Crippen LogP contribution in [0.25, 0.3) is 12.2 Å². The fourth-order valence-corrected chi connectivity index (χ4v) is 4.85. The number of aliphatic imine (C=N–C) groups is 1. The maximum absolute atomic E-state index is 12.3. The summed E-state index contributed by atoms with van der Waals surface area (Å²) in [5, 5.41) is 12.4. The van der Waals surface area contributed by atoms with Crippen molar-refractivity contribution in [2.24, 2.45) is 4.99 Å². The summed E-state index contributed by atoms with van der Waals surface area (Å²) in [6.45, 7) is 12.6. The molecule has 166 valence electrons. The molecule has 0 spiro atoms. The Balaban J connectivity index is 2.23. The van der Waals surface area contributed by atoms with Crippen LogP contribution in [0, 0.1) is 0 Å². The Bertz CT molecular complexity index is 1170. The molecule has 0 unspecified atom stereocenters. The minimum absolute atomic E-state index is 0.0979. The van der Waals surface area contributed by atoms with E-state index in [-0.39, 0.29) is 11.8 Å². The van der Waals surface area contributed by atoms with Crippen molar-refractivity contribution in [2.75, 3.05) is 0 Å². The van der Waals surface area contributed by atoms with E-state index in [2.05, 4.69) is 55.7 Å². The number of rotatable bonds is 8. The lowest BCUT2D eigenvalue weighted by Gasteiger charge is -2.02. The van der Waals surface area contributed by atoms with E-state index in [1.807, 2.05) is 13.0 Å². The highest BCUT2D eigenvalue weighted by atomic mass is 16.3. The van der Waals surface area contributed by atoms with Crippen molar-refractivity contribution in [3.63, 3.8) is 0 Å². The predicted molar refractivity (Wildman–Crippen MR) is 128 cm³/mol. The van der Waals surface area contributed by atoms with Gasteiger partial charge in [0.05, 0.1) is 5.71 Å². The van der Waals surface area contributed by atoms with Crippen molar-refractivity contribution in [1.82, 2.24) is 9.97 Å². The van der Waals surface area contributed by atoms with Gasteiger partial charge in [-0.3, -0.25) is 4.79 Å². The zero-order valence-electron chi connectivity index (χ0n) is 19.7. The summed E-state index contributed by atoms with van der Waals surface area (Å²) >= 11 is 0. The first-order valence-electron chi connectivity index (χ1n) is 11.6. The van der Waals surface area contributed by atoms with E-state index < -0.39 is 0 Å². The Labute approximate surface area is 184 Å². The number of hydrogen-bond donors (Lipinski definition) is 3. The highest BCUT2D eigenvalue weighted by Gasteiger charge is 2.23. The number of amides is 1. The third kappa shape index (κ3) is 4.06. The zero-order valence-corrected chi connectivity index (χ0v) is 19.7. The highest BCUT2D eigenvalue weighted by molar-refractivity contribution is 6.31. The standard InChI is InChI=1S/C26H35N3O2/c1-7-15-16(8-2)22(14-24-18(10-4)20(12-6)26(31)29-24)27-21(15)13-23-17(9-3)19(11-5)25(30)28-23/h13-14,27-28,30H,7-12H2,1-6H3/b21-13+,22-14+. The first-order valence-corrected chi connectivity index (χ1v) is 11.6. The number of hydrogen-bond acceptors (Lipinski definition) is 2. The van der Waals surface area contributed by atoms with E-state index in [1.165, 1.54) is 11.1 Å². The third-order valence-electron chi connectivity index (χ3n) is 6.36. The van der Waals surface area contributed by atoms with Gasteiger partial charge in [0.2, 0.25) is 0 Å². The molecular weight excluding hydrogens is 386 g/mol. The number of carbonyl (C=O) groups is 1. The molecule has 3 heterocycles. The number of aromatic nitrogens is 2. The molecule has 5 nitrogen and oxygen atoms in total. The summed E-state index contributed by atoms with van der Waals surface area (Å²) in [7, 11) is 0. The van der Waals surface area contributed by atoms with Crippen molar-refractivity contribution in [3.8, 4) is 5.88 Å². The van der Waals surface area contributed by atoms with Crippen LogP contribution in [-0.2, 0) is 30.5 Å². The number of H-pyrrole nitrogens is 2. The molecule has 0 fully saturated rings. The van der Waals surface area contributed by atoms with Gasteiger partial charge in [-0.1, -0.05) is 41.5 Å². The van der Waals surface area contributed by atoms with Crippen molar-refractivity contribution in [2.45, 2.75) is 80.1 Å². The summed E-state index contributed by atoms with van der Waals surface area (Å²) < 4.78 is 0. The fourth-order valence-electron chi connectivity index (χ4n) is 4.85. The lowest BCUT2D eigenvalue weighted by atomic mass is 10.00. The third-order valence-corrected chi connectivity index (χ3v) is 6.36. The molecule has 2 aromatic heterocycles. The van der Waals surface area contributed by atoms with Gasteiger partial charge in [-0.05, 0) is 72.9 Å². The number of carbonyl (C=O) groups excluding carboxylic acids is 1. The van der Waals surface area contributed by atoms with E-state index in [0.29, 0.717) is 6.42 Å². The lowest BCUT2D eigenvalue weighted by Crippen LogP contribution is -2.15. The summed E-state index contributed by atoms with van der Waals surface area (Å²) in [4.78, 5) is 23.4. The van der Waals surface area contributed by atoms with Gasteiger partial charge < -0.3 is 15.1 Å². The fraction of sp³-hybridized carbons (Fsp3) is 0.462. The highest BCUT2D eigenvalue weighted by Crippen LogP contribution is 2.26. The largest absolute Gasteiger partial charge is 0.494 e. The Morgan fingerprint density at radius 3 is 1.77 bits per heavy atom. The molecule has 0 aliphatic carbocycles. The summed E-state index contributed by atoms with van der Waals surface area (Å²) in [5.41, 5.74) is 8.32. The van der Waals surface area contributed by atoms with Crippen LogP contribution in [0.4, 0.5) is 0 Å². The van der Waals surface area contributed by atoms with Gasteiger partial charge in [-0.15, -0.1) is 0 Å². The van der Waals surface area contributed by atoms with Gasteiger partial charge in [0.25, 0.3) is 5.91 Å². The number of aromatic hydroxyl groups is 1. The maximum Gasteiger partial charge on any atom is 0.273 e. The van der Waals surface area contributed by atoms with E-state index in [4.69, 9.17) is 0 Å². The minimum atomic E-state index is -0.0979. The Kier molecular flexibility index (Phi) is 7.04. The van der Waals surface area contributed by atoms with Crippen LogP contribution in [0.1, 0.15) is 82.3 Å². The first kappa shape index (κ1) is 22.9. The quantitative estimate of drug-likeness (QED) is 0.602. The second-order valence-corrected chi connectivity index (χ2v) is 7.92. The van der Waals surface area contributed by atoms with E-state index >= 15 is 0 Å². The van der Waals surface area contributed by atoms with Gasteiger partial charge in [-0.2, -0.15) is 0 Å². The monoisotopic (exact) mass is 421 g/mol. The molecule has 0 bridgehead atoms. The summed E-state index contributed by atoms with van der Waals surface area (Å²) in [6.07, 6.45) is 9.11. The Morgan fingerprint density at radius 1 is 0.710 bits per heavy atom. The van der Waals surface area contributed by atoms with Crippen molar-refractivity contribution in [3.05, 3.63) is 49.8 Å². The summed E-state index contributed by atoms with van der Waals surface area (Å²) in [5.74, 6) is 0.167. The van der Waals surface area contributed by atoms with E-state index in [9.17, 15) is 9.90 Å². The van der Waals surface area contributed by atoms with Gasteiger partial charge in [0.15, 0.2) is 5.88 Å². The lowest BCUT2D eigenvalue weighted by molar-refractivity contribution is -0.114. The van der Waals surface area contributed by atoms with Crippen LogP contribution in [0.5, 0.6) is 5.88 Å². The van der Waals surface area contributed by atoms with Gasteiger partial charge >= 0.3 is 0 Å². The minimum Gasteiger partial charge on any atom is -0.494 e. The molecule has 3 rings (SSSR count). The molecule has 2 aromatic rings. The van der Waals surface area contributed by atoms with Crippen molar-refractivity contribution < 1.29 is 9.90 Å². The average molecular weight is 422 g/mol. The van der Waals surface area contributed by atoms with E-state index in [1.54, 1.807) is 0 Å². The number of allylic oxidation sites excluding steroid dienone is 1. The topological polar surface area (TPSA) is 81.2 Å². The maximum atomic E-state index is 12.3. The summed E-state index contributed by atoms with van der Waals surface area (Å²) in [6, 6.07) is 0. The first-order chi connectivity index (χ1) is 14.9. The molecule has 1 amide bonds. The molecule has 1 aliphatic heterocycles. The van der Waals surface area contributed by atoms with Gasteiger partial charge in [0, 0.05) is 27.5 Å². The van der Waals surface area contributed by atoms with Crippen molar-refractivity contribution in [1.29, 1.82) is 0 Å². The number of nitrogens with zero attached hydrogens (tertiary/aromatic N) is 1. The van der Waals surface area contributed by atoms with Crippen LogP contribution >= 0.6 is 0 Å². The molecule has 0 aromatic carbocycles. The molecule has 0 atom stereocenters. The molecule has 31 heavy (non-hydrogen) atoms. The van der Waals surface area contributed by atoms with Crippen LogP contribution in [0.2, 0.25) is 0 Å². The van der Waals surface area contributed by atoms with E-state index in [0.717, 1.165) is 76.5 Å². The Hall–Kier alpha value is -2.82. The van der Waals surface area contributed by atoms with Gasteiger partial charge in [-0.25, -0.2) is 4.99 Å². The smallest absolute Gasteiger partial charge is 0.273 e. The molecule has 1 aliphatic rings. The molecular formula is C26H35N3O2. The molecule has 0 saturated heterocycles. The van der Waals surface area contributed by atoms with Crippen LogP contribution in [-0.4, -0.2) is 26.7 Å². The second kappa shape index (κ2) is 9.54. The predicted octanol–water partition coefficient (Wildman–Crippen LogP) is 4.01. The number of aromatic amines is 2.